The van der Waals surface area contributed by atoms with Gasteiger partial charge in [0.1, 0.15) is 0 Å². The molecule has 0 spiro atoms. The van der Waals surface area contributed by atoms with E-state index in [1.165, 1.54) is 19.3 Å². The van der Waals surface area contributed by atoms with Crippen LogP contribution in [0.4, 0.5) is 0 Å². The molecule has 1 nitrogen and oxygen atoms in total. The zero-order valence-electron chi connectivity index (χ0n) is 6.22. The molecule has 1 saturated carbocycles. The van der Waals surface area contributed by atoms with Crippen LogP contribution in [0.1, 0.15) is 38.5 Å². The molecule has 0 radical (unpaired) electrons. The quantitative estimate of drug-likeness (QED) is 0.542. The first-order valence-electron chi connectivity index (χ1n) is 4.13. The van der Waals surface area contributed by atoms with Crippen LogP contribution in [-0.4, -0.2) is 16.6 Å². The number of hydrogen-bond donors (Lipinski definition) is 1. The van der Waals surface area contributed by atoms with Gasteiger partial charge in [-0.2, -0.15) is 0 Å². The molecule has 0 unspecified atom stereocenters. The topological polar surface area (TPSA) is 20.2 Å². The molecule has 0 aromatic heterocycles. The molecule has 1 N–H and O–H groups in total. The minimum atomic E-state index is -0.248. The monoisotopic (exact) mass is 162 g/mol. The summed E-state index contributed by atoms with van der Waals surface area (Å²) in [4.78, 5) is 0. The number of aliphatic hydroxyl groups excluding tert-OH is 1. The van der Waals surface area contributed by atoms with Crippen LogP contribution in [0.5, 0.6) is 0 Å². The van der Waals surface area contributed by atoms with Crippen LogP contribution in [0, 0.1) is 0 Å². The van der Waals surface area contributed by atoms with Gasteiger partial charge in [0, 0.05) is 0 Å². The van der Waals surface area contributed by atoms with E-state index in [2.05, 4.69) is 0 Å². The SMILES string of the molecule is O[C@H]1CCCCCC[C@H]1Cl. The van der Waals surface area contributed by atoms with Crippen LogP contribution >= 0.6 is 11.6 Å². The molecule has 2 heteroatoms. The van der Waals surface area contributed by atoms with Crippen molar-refractivity contribution in [1.29, 1.82) is 0 Å². The maximum Gasteiger partial charge on any atom is 0.0703 e. The van der Waals surface area contributed by atoms with Crippen molar-refractivity contribution in [1.82, 2.24) is 0 Å². The molecule has 0 aliphatic heterocycles. The van der Waals surface area contributed by atoms with Crippen LogP contribution < -0.4 is 0 Å². The van der Waals surface area contributed by atoms with Gasteiger partial charge in [0.25, 0.3) is 0 Å². The molecule has 0 aromatic rings. The normalized spacial score (nSPS) is 36.6. The second-order valence-electron chi connectivity index (χ2n) is 3.07. The zero-order valence-corrected chi connectivity index (χ0v) is 6.98. The van der Waals surface area contributed by atoms with Crippen molar-refractivity contribution in [2.24, 2.45) is 0 Å². The van der Waals surface area contributed by atoms with Crippen LogP contribution in [0.2, 0.25) is 0 Å². The van der Waals surface area contributed by atoms with Crippen molar-refractivity contribution < 1.29 is 5.11 Å². The van der Waals surface area contributed by atoms with Crippen LogP contribution in [0.25, 0.3) is 0 Å². The lowest BCUT2D eigenvalue weighted by Crippen LogP contribution is -2.21. The molecule has 0 saturated heterocycles. The summed E-state index contributed by atoms with van der Waals surface area (Å²) in [6, 6.07) is 0. The molecule has 2 atom stereocenters. The maximum atomic E-state index is 9.35. The Balaban J connectivity index is 2.28. The Labute approximate surface area is 67.4 Å². The molecular weight excluding hydrogens is 148 g/mol. The Kier molecular flexibility index (Phi) is 3.50. The summed E-state index contributed by atoms with van der Waals surface area (Å²) in [5, 5.41) is 9.36. The standard InChI is InChI=1S/C8H15ClO/c9-7-5-3-1-2-4-6-8(7)10/h7-8,10H,1-6H2/t7-,8+/m1/s1. The van der Waals surface area contributed by atoms with Crippen molar-refractivity contribution >= 4 is 11.6 Å². The summed E-state index contributed by atoms with van der Waals surface area (Å²) in [5.74, 6) is 0. The van der Waals surface area contributed by atoms with Gasteiger partial charge in [0.05, 0.1) is 11.5 Å². The molecule has 1 fully saturated rings. The van der Waals surface area contributed by atoms with Crippen LogP contribution in [-0.2, 0) is 0 Å². The number of aliphatic hydroxyl groups is 1. The summed E-state index contributed by atoms with van der Waals surface area (Å²) >= 11 is 5.89. The van der Waals surface area contributed by atoms with Gasteiger partial charge >= 0.3 is 0 Å². The molecule has 1 aliphatic carbocycles. The first kappa shape index (κ1) is 8.35. The average molecular weight is 163 g/mol. The minimum Gasteiger partial charge on any atom is -0.392 e. The van der Waals surface area contributed by atoms with E-state index in [-0.39, 0.29) is 11.5 Å². The third-order valence-corrected chi connectivity index (χ3v) is 2.66. The highest BCUT2D eigenvalue weighted by Crippen LogP contribution is 2.21. The molecule has 60 valence electrons. The molecule has 1 rings (SSSR count). The third kappa shape index (κ3) is 2.47. The summed E-state index contributed by atoms with van der Waals surface area (Å²) in [7, 11) is 0. The molecule has 0 heterocycles. The fourth-order valence-corrected chi connectivity index (χ4v) is 1.70. The average Bonchev–Trinajstić information content (AvgIpc) is 1.92. The molecular formula is C8H15ClO. The highest BCUT2D eigenvalue weighted by atomic mass is 35.5. The van der Waals surface area contributed by atoms with E-state index >= 15 is 0 Å². The van der Waals surface area contributed by atoms with E-state index in [0.29, 0.717) is 0 Å². The first-order chi connectivity index (χ1) is 4.80. The predicted molar refractivity (Wildman–Crippen MR) is 43.3 cm³/mol. The predicted octanol–water partition coefficient (Wildman–Crippen LogP) is 2.31. The van der Waals surface area contributed by atoms with Crippen molar-refractivity contribution in [3.63, 3.8) is 0 Å². The lowest BCUT2D eigenvalue weighted by molar-refractivity contribution is 0.145. The number of alkyl halides is 1. The van der Waals surface area contributed by atoms with Crippen molar-refractivity contribution in [3.05, 3.63) is 0 Å². The van der Waals surface area contributed by atoms with E-state index in [4.69, 9.17) is 11.6 Å². The smallest absolute Gasteiger partial charge is 0.0703 e. The van der Waals surface area contributed by atoms with Crippen LogP contribution in [0.15, 0.2) is 0 Å². The molecule has 10 heavy (non-hydrogen) atoms. The second-order valence-corrected chi connectivity index (χ2v) is 3.64. The van der Waals surface area contributed by atoms with E-state index < -0.39 is 0 Å². The third-order valence-electron chi connectivity index (χ3n) is 2.15. The molecule has 0 amide bonds. The number of halogens is 1. The molecule has 0 aromatic carbocycles. The van der Waals surface area contributed by atoms with Gasteiger partial charge in [-0.1, -0.05) is 25.7 Å². The van der Waals surface area contributed by atoms with Crippen molar-refractivity contribution in [2.45, 2.75) is 50.0 Å². The summed E-state index contributed by atoms with van der Waals surface area (Å²) in [6.07, 6.45) is 6.52. The fourth-order valence-electron chi connectivity index (χ4n) is 1.42. The zero-order chi connectivity index (χ0) is 7.40. The van der Waals surface area contributed by atoms with E-state index in [9.17, 15) is 5.11 Å². The Morgan fingerprint density at radius 3 is 2.30 bits per heavy atom. The highest BCUT2D eigenvalue weighted by molar-refractivity contribution is 6.21. The van der Waals surface area contributed by atoms with Gasteiger partial charge in [0.15, 0.2) is 0 Å². The largest absolute Gasteiger partial charge is 0.392 e. The first-order valence-corrected chi connectivity index (χ1v) is 4.56. The molecule has 0 bridgehead atoms. The van der Waals surface area contributed by atoms with Gasteiger partial charge in [-0.3, -0.25) is 0 Å². The van der Waals surface area contributed by atoms with Gasteiger partial charge in [-0.15, -0.1) is 11.6 Å². The Bertz CT molecular complexity index is 83.3. The Hall–Kier alpha value is 0.250. The summed E-state index contributed by atoms with van der Waals surface area (Å²) in [5.41, 5.74) is 0. The molecule has 1 aliphatic rings. The van der Waals surface area contributed by atoms with Crippen molar-refractivity contribution in [3.8, 4) is 0 Å². The van der Waals surface area contributed by atoms with Gasteiger partial charge in [0.2, 0.25) is 0 Å². The summed E-state index contributed by atoms with van der Waals surface area (Å²) in [6.45, 7) is 0. The number of hydrogen-bond acceptors (Lipinski definition) is 1. The lowest BCUT2D eigenvalue weighted by Gasteiger charge is -2.19. The van der Waals surface area contributed by atoms with Gasteiger partial charge in [-0.25, -0.2) is 0 Å². The Morgan fingerprint density at radius 1 is 1.00 bits per heavy atom. The second kappa shape index (κ2) is 4.20. The van der Waals surface area contributed by atoms with Crippen LogP contribution in [0.3, 0.4) is 0 Å². The van der Waals surface area contributed by atoms with E-state index in [1.807, 2.05) is 0 Å². The highest BCUT2D eigenvalue weighted by Gasteiger charge is 2.17. The lowest BCUT2D eigenvalue weighted by atomic mass is 9.98. The minimum absolute atomic E-state index is 0.0142. The van der Waals surface area contributed by atoms with E-state index in [0.717, 1.165) is 19.3 Å². The van der Waals surface area contributed by atoms with Gasteiger partial charge in [-0.05, 0) is 12.8 Å². The number of rotatable bonds is 0. The summed E-state index contributed by atoms with van der Waals surface area (Å²) < 4.78 is 0. The van der Waals surface area contributed by atoms with Gasteiger partial charge < -0.3 is 5.11 Å². The van der Waals surface area contributed by atoms with E-state index in [1.54, 1.807) is 0 Å². The van der Waals surface area contributed by atoms with Crippen molar-refractivity contribution in [2.75, 3.05) is 0 Å². The maximum absolute atomic E-state index is 9.35. The fraction of sp³-hybridized carbons (Fsp3) is 1.00. The Morgan fingerprint density at radius 2 is 1.60 bits per heavy atom.